The van der Waals surface area contributed by atoms with Gasteiger partial charge in [0.25, 0.3) is 0 Å². The van der Waals surface area contributed by atoms with E-state index in [1.54, 1.807) is 45.0 Å². The van der Waals surface area contributed by atoms with E-state index in [0.29, 0.717) is 26.0 Å². The topological polar surface area (TPSA) is 51.5 Å². The number of para-hydroxylation sites is 1. The van der Waals surface area contributed by atoms with Crippen LogP contribution in [0.1, 0.15) is 26.3 Å². The van der Waals surface area contributed by atoms with Crippen LogP contribution in [0.4, 0.5) is 18.0 Å². The lowest BCUT2D eigenvalue weighted by atomic mass is 10.1. The Hall–Kier alpha value is -2.29. The fourth-order valence-electron chi connectivity index (χ4n) is 2.86. The van der Waals surface area contributed by atoms with Crippen molar-refractivity contribution in [1.82, 2.24) is 9.47 Å². The number of carbonyl (C=O) groups is 2. The number of amides is 1. The molecule has 5 nitrogen and oxygen atoms in total. The average Bonchev–Trinajstić information content (AvgIpc) is 2.87. The van der Waals surface area contributed by atoms with Gasteiger partial charge in [-0.1, -0.05) is 24.3 Å². The molecule has 1 aromatic carbocycles. The summed E-state index contributed by atoms with van der Waals surface area (Å²) in [7, 11) is 0. The molecule has 1 heterocycles. The van der Waals surface area contributed by atoms with E-state index >= 15 is 0 Å². The van der Waals surface area contributed by atoms with Crippen LogP contribution in [0, 0.1) is 0 Å². The molecule has 0 aliphatic rings. The number of ether oxygens (including phenoxy) is 1. The molecule has 0 radical (unpaired) electrons. The van der Waals surface area contributed by atoms with Gasteiger partial charge in [-0.25, -0.2) is 9.36 Å². The van der Waals surface area contributed by atoms with Crippen molar-refractivity contribution in [2.24, 2.45) is 0 Å². The number of nitrogens with zero attached hydrogens (tertiary/aromatic N) is 2. The molecule has 9 heteroatoms. The molecule has 0 aliphatic carbocycles. The molecular weight excluding hydrogens is 453 g/mol. The molecule has 0 N–H and O–H groups in total. The summed E-state index contributed by atoms with van der Waals surface area (Å²) in [4.78, 5) is 25.0. The summed E-state index contributed by atoms with van der Waals surface area (Å²) in [6.07, 6.45) is -4.24. The highest BCUT2D eigenvalue weighted by Crippen LogP contribution is 2.32. The molecule has 2 aromatic rings. The fourth-order valence-corrected chi connectivity index (χ4v) is 3.60. The van der Waals surface area contributed by atoms with Crippen LogP contribution in [-0.4, -0.2) is 46.3 Å². The minimum Gasteiger partial charge on any atom is -0.443 e. The van der Waals surface area contributed by atoms with E-state index in [1.807, 2.05) is 0 Å². The minimum atomic E-state index is -4.97. The number of hydrogen-bond acceptors (Lipinski definition) is 3. The molecule has 0 spiro atoms. The highest BCUT2D eigenvalue weighted by atomic mass is 79.9. The lowest BCUT2D eigenvalue weighted by Gasteiger charge is -2.22. The third-order valence-corrected chi connectivity index (χ3v) is 4.84. The van der Waals surface area contributed by atoms with Gasteiger partial charge in [0.1, 0.15) is 5.60 Å². The second-order valence-corrected chi connectivity index (χ2v) is 8.14. The first kappa shape index (κ1) is 23.0. The van der Waals surface area contributed by atoms with Gasteiger partial charge in [-0.3, -0.25) is 4.79 Å². The zero-order chi connectivity index (χ0) is 22.0. The van der Waals surface area contributed by atoms with Crippen LogP contribution >= 0.6 is 15.9 Å². The van der Waals surface area contributed by atoms with Crippen molar-refractivity contribution in [3.05, 3.63) is 47.1 Å². The van der Waals surface area contributed by atoms with Crippen molar-refractivity contribution < 1.29 is 27.5 Å². The quantitative estimate of drug-likeness (QED) is 0.552. The molecule has 29 heavy (non-hydrogen) atoms. The fraction of sp³-hybridized carbons (Fsp3) is 0.400. The van der Waals surface area contributed by atoms with Crippen LogP contribution in [0.25, 0.3) is 10.9 Å². The van der Waals surface area contributed by atoms with Crippen LogP contribution in [0.2, 0.25) is 0 Å². The Morgan fingerprint density at radius 1 is 1.24 bits per heavy atom. The first-order valence-electron chi connectivity index (χ1n) is 8.85. The molecule has 158 valence electrons. The van der Waals surface area contributed by atoms with Gasteiger partial charge in [0, 0.05) is 18.5 Å². The lowest BCUT2D eigenvalue weighted by molar-refractivity contribution is -0.184. The summed E-state index contributed by atoms with van der Waals surface area (Å²) in [5, 5.41) is 0.684. The molecule has 0 saturated heterocycles. The molecule has 0 aliphatic heterocycles. The number of aromatic nitrogens is 1. The van der Waals surface area contributed by atoms with Crippen molar-refractivity contribution in [2.75, 3.05) is 13.1 Å². The normalized spacial score (nSPS) is 12.1. The van der Waals surface area contributed by atoms with Gasteiger partial charge in [-0.2, -0.15) is 13.2 Å². The van der Waals surface area contributed by atoms with Gasteiger partial charge in [0.2, 0.25) is 0 Å². The number of rotatable bonds is 5. The Bertz CT molecular complexity index is 929. The van der Waals surface area contributed by atoms with Crippen molar-refractivity contribution in [1.29, 1.82) is 0 Å². The highest BCUT2D eigenvalue weighted by Gasteiger charge is 2.42. The van der Waals surface area contributed by atoms with Crippen LogP contribution < -0.4 is 0 Å². The number of fused-ring (bicyclic) bond motifs is 1. The summed E-state index contributed by atoms with van der Waals surface area (Å²) in [5.74, 6) is -1.93. The Kier molecular flexibility index (Phi) is 6.82. The van der Waals surface area contributed by atoms with Crippen LogP contribution in [0.3, 0.4) is 0 Å². The van der Waals surface area contributed by atoms with Crippen molar-refractivity contribution >= 4 is 38.8 Å². The van der Waals surface area contributed by atoms with Crippen LogP contribution in [0.5, 0.6) is 0 Å². The van der Waals surface area contributed by atoms with Gasteiger partial charge in [-0.15, -0.1) is 6.58 Å². The lowest BCUT2D eigenvalue weighted by Crippen LogP contribution is -2.42. The Morgan fingerprint density at radius 3 is 2.41 bits per heavy atom. The number of carbonyl (C=O) groups excluding carboxylic acids is 2. The summed E-state index contributed by atoms with van der Waals surface area (Å²) < 4.78 is 45.7. The molecule has 1 aromatic heterocycles. The first-order chi connectivity index (χ1) is 13.4. The van der Waals surface area contributed by atoms with E-state index in [9.17, 15) is 22.8 Å². The first-order valence-corrected chi connectivity index (χ1v) is 9.64. The number of alkyl halides is 3. The molecule has 0 fully saturated rings. The third-order valence-electron chi connectivity index (χ3n) is 4.00. The maximum Gasteiger partial charge on any atom is 0.471 e. The third kappa shape index (κ3) is 5.41. The largest absolute Gasteiger partial charge is 0.471 e. The SMILES string of the molecule is C=CCN(CCc1c(Br)n(C(=O)OC(C)(C)C)c2ccccc12)C(=O)C(F)(F)F. The number of hydrogen-bond donors (Lipinski definition) is 0. The van der Waals surface area contributed by atoms with E-state index in [2.05, 4.69) is 22.5 Å². The van der Waals surface area contributed by atoms with Gasteiger partial charge in [0.05, 0.1) is 10.1 Å². The summed E-state index contributed by atoms with van der Waals surface area (Å²) >= 11 is 3.38. The van der Waals surface area contributed by atoms with E-state index in [4.69, 9.17) is 4.74 Å². The zero-order valence-corrected chi connectivity index (χ0v) is 17.9. The molecule has 0 saturated carbocycles. The average molecular weight is 475 g/mol. The molecule has 0 atom stereocenters. The molecule has 0 bridgehead atoms. The van der Waals surface area contributed by atoms with Gasteiger partial charge < -0.3 is 9.64 Å². The Balaban J connectivity index is 2.41. The standard InChI is InChI=1S/C20H22BrF3N2O3/c1-5-11-25(17(27)20(22,23)24)12-10-14-13-8-6-7-9-15(13)26(16(14)21)18(28)29-19(2,3)4/h5-9H,1,10-12H2,2-4H3. The molecule has 0 unspecified atom stereocenters. The minimum absolute atomic E-state index is 0.104. The van der Waals surface area contributed by atoms with Gasteiger partial charge >= 0.3 is 18.2 Å². The van der Waals surface area contributed by atoms with E-state index in [-0.39, 0.29) is 19.5 Å². The summed E-state index contributed by atoms with van der Waals surface area (Å²) in [5.41, 5.74) is 0.443. The second kappa shape index (κ2) is 8.61. The number of benzene rings is 1. The van der Waals surface area contributed by atoms with Crippen molar-refractivity contribution in [2.45, 2.75) is 39.0 Å². The zero-order valence-electron chi connectivity index (χ0n) is 16.3. The van der Waals surface area contributed by atoms with Crippen molar-refractivity contribution in [3.63, 3.8) is 0 Å². The van der Waals surface area contributed by atoms with Crippen LogP contribution in [0.15, 0.2) is 41.5 Å². The van der Waals surface area contributed by atoms with Gasteiger partial charge in [0.15, 0.2) is 0 Å². The van der Waals surface area contributed by atoms with E-state index < -0.39 is 23.8 Å². The van der Waals surface area contributed by atoms with E-state index in [1.165, 1.54) is 10.6 Å². The van der Waals surface area contributed by atoms with Crippen LogP contribution in [-0.2, 0) is 16.0 Å². The Morgan fingerprint density at radius 2 is 1.86 bits per heavy atom. The summed E-state index contributed by atoms with van der Waals surface area (Å²) in [6, 6.07) is 6.99. The molecular formula is C20H22BrF3N2O3. The summed E-state index contributed by atoms with van der Waals surface area (Å²) in [6.45, 7) is 8.20. The van der Waals surface area contributed by atoms with Gasteiger partial charge in [-0.05, 0) is 54.8 Å². The van der Waals surface area contributed by atoms with Crippen molar-refractivity contribution in [3.8, 4) is 0 Å². The Labute approximate surface area is 175 Å². The predicted molar refractivity (Wildman–Crippen MR) is 108 cm³/mol. The smallest absolute Gasteiger partial charge is 0.443 e. The highest BCUT2D eigenvalue weighted by molar-refractivity contribution is 9.10. The predicted octanol–water partition coefficient (Wildman–Crippen LogP) is 5.31. The monoisotopic (exact) mass is 474 g/mol. The molecule has 1 amide bonds. The maximum atomic E-state index is 12.8. The number of halogens is 4. The second-order valence-electron chi connectivity index (χ2n) is 7.39. The molecule has 2 rings (SSSR count). The van der Waals surface area contributed by atoms with E-state index in [0.717, 1.165) is 0 Å². The maximum absolute atomic E-state index is 12.8.